The molecule has 0 bridgehead atoms. The first-order valence-corrected chi connectivity index (χ1v) is 41.2. The molecular weight excluding hydrogens is 1240 g/mol. The fourth-order valence-electron chi connectivity index (χ4n) is 10.5. The molecule has 0 aliphatic carbocycles. The lowest BCUT2D eigenvalue weighted by atomic mass is 10.0. The van der Waals surface area contributed by atoms with Crippen LogP contribution in [0, 0.1) is 0 Å². The molecule has 0 rings (SSSR count). The second-order valence-corrected chi connectivity index (χ2v) is 28.7. The van der Waals surface area contributed by atoms with Gasteiger partial charge in [-0.3, -0.25) is 32.5 Å². The number of esters is 3. The van der Waals surface area contributed by atoms with E-state index in [4.69, 9.17) is 32.3 Å². The number of phosphoric acid groups is 2. The Morgan fingerprint density at radius 3 is 0.853 bits per heavy atom. The van der Waals surface area contributed by atoms with Gasteiger partial charge >= 0.3 is 33.6 Å². The lowest BCUT2D eigenvalue weighted by Gasteiger charge is -2.21. The van der Waals surface area contributed by atoms with Gasteiger partial charge in [-0.2, -0.15) is 0 Å². The van der Waals surface area contributed by atoms with E-state index in [9.17, 15) is 43.5 Å². The molecule has 0 aliphatic rings. The molecule has 554 valence electrons. The van der Waals surface area contributed by atoms with Crippen molar-refractivity contribution in [1.82, 2.24) is 0 Å². The molecule has 0 saturated heterocycles. The van der Waals surface area contributed by atoms with Gasteiger partial charge in [0.15, 0.2) is 6.10 Å². The van der Waals surface area contributed by atoms with Crippen molar-refractivity contribution in [2.24, 2.45) is 0 Å². The lowest BCUT2D eigenvalue weighted by molar-refractivity contribution is -0.161. The maximum absolute atomic E-state index is 12.9. The van der Waals surface area contributed by atoms with Crippen LogP contribution < -0.4 is 0 Å². The number of unbranched alkanes of at least 4 members (excludes halogenated alkanes) is 38. The molecule has 0 spiro atoms. The van der Waals surface area contributed by atoms with Crippen molar-refractivity contribution in [3.63, 3.8) is 0 Å². The highest BCUT2D eigenvalue weighted by Gasteiger charge is 2.29. The van der Waals surface area contributed by atoms with Gasteiger partial charge in [0, 0.05) is 19.3 Å². The average Bonchev–Trinajstić information content (AvgIpc) is 3.18. The number of carbonyl (C=O) groups excluding carboxylic acids is 3. The third-order valence-corrected chi connectivity index (χ3v) is 18.3. The Morgan fingerprint density at radius 1 is 0.295 bits per heavy atom. The molecule has 4 N–H and O–H groups in total. The summed E-state index contributed by atoms with van der Waals surface area (Å²) in [6, 6.07) is 0. The van der Waals surface area contributed by atoms with E-state index in [1.54, 1.807) is 0 Å². The smallest absolute Gasteiger partial charge is 0.463 e. The minimum Gasteiger partial charge on any atom is -0.463 e. The van der Waals surface area contributed by atoms with Crippen LogP contribution in [0.15, 0.2) is 72.9 Å². The third-order valence-electron chi connectivity index (χ3n) is 16.4. The summed E-state index contributed by atoms with van der Waals surface area (Å²) in [6.45, 7) is 2.63. The number of phosphoric ester groups is 2. The second-order valence-electron chi connectivity index (χ2n) is 25.8. The van der Waals surface area contributed by atoms with Gasteiger partial charge in [0.05, 0.1) is 26.4 Å². The van der Waals surface area contributed by atoms with E-state index in [-0.39, 0.29) is 19.3 Å². The van der Waals surface area contributed by atoms with Crippen LogP contribution in [0.4, 0.5) is 0 Å². The number of hydrogen-bond acceptors (Lipinski definition) is 14. The van der Waals surface area contributed by atoms with E-state index >= 15 is 0 Å². The molecule has 0 radical (unpaired) electrons. The SMILES string of the molecule is CCCCC/C=C\C/C=C\C/C=C\C/C=C\CCCCCCCCCCCCCCCCCCCC(=O)OCC(O)COP(=O)(O)OCC(O)COP(=O)(O)OCC(COC(=O)CCCCCCC/C=C\C/C=C\CCCCC)OC(=O)CCCCCCCCCCCCC. The summed E-state index contributed by atoms with van der Waals surface area (Å²) in [6.07, 6.45) is 77.0. The Hall–Kier alpha value is -3.01. The number of carbonyl (C=O) groups is 3. The van der Waals surface area contributed by atoms with Crippen molar-refractivity contribution in [2.75, 3.05) is 39.6 Å². The summed E-state index contributed by atoms with van der Waals surface area (Å²) < 4.78 is 60.9. The van der Waals surface area contributed by atoms with Gasteiger partial charge in [-0.05, 0) is 96.3 Å². The Labute approximate surface area is 579 Å². The predicted octanol–water partition coefficient (Wildman–Crippen LogP) is 21.9. The van der Waals surface area contributed by atoms with E-state index in [0.717, 1.165) is 109 Å². The minimum atomic E-state index is -4.92. The first kappa shape index (κ1) is 92.0. The number of allylic oxidation sites excluding steroid dienone is 12. The molecule has 16 nitrogen and oxygen atoms in total. The molecule has 18 heteroatoms. The van der Waals surface area contributed by atoms with Crippen LogP contribution in [0.1, 0.15) is 342 Å². The van der Waals surface area contributed by atoms with Gasteiger partial charge in [0.25, 0.3) is 0 Å². The number of rotatable bonds is 73. The van der Waals surface area contributed by atoms with E-state index < -0.39 is 91.5 Å². The standard InChI is InChI=1S/C77H140O16P2/c1-4-7-10-13-16-19-22-24-26-27-28-29-30-31-32-33-34-35-36-37-38-39-40-41-42-43-45-47-49-51-54-57-60-63-75(80)87-66-72(78)67-89-94(83,84)90-68-73(79)69-91-95(85,86)92-71-74(93-77(82)65-62-59-56-53-48-21-18-15-12-9-6-3)70-88-76(81)64-61-58-55-52-50-46-44-25-23-20-17-14-11-8-5-2/h16-17,19-20,24-26,28-29,31-32,44,72-74,78-79H,4-15,18,21-23,27,30,33-43,45-71H2,1-3H3,(H,83,84)(H,85,86)/b19-16-,20-17-,26-24-,29-28-,32-31-,44-25-. The molecule has 0 aromatic rings. The van der Waals surface area contributed by atoms with Crippen LogP contribution in [0.5, 0.6) is 0 Å². The molecule has 0 aliphatic heterocycles. The van der Waals surface area contributed by atoms with Crippen LogP contribution in [0.2, 0.25) is 0 Å². The van der Waals surface area contributed by atoms with E-state index in [1.807, 2.05) is 0 Å². The molecular formula is C77H140O16P2. The number of aliphatic hydroxyl groups excluding tert-OH is 2. The minimum absolute atomic E-state index is 0.107. The maximum atomic E-state index is 12.9. The lowest BCUT2D eigenvalue weighted by Crippen LogP contribution is -2.30. The Morgan fingerprint density at radius 2 is 0.526 bits per heavy atom. The molecule has 0 aromatic carbocycles. The average molecular weight is 1380 g/mol. The zero-order valence-electron chi connectivity index (χ0n) is 60.3. The Bertz CT molecular complexity index is 2020. The van der Waals surface area contributed by atoms with Gasteiger partial charge in [-0.25, -0.2) is 9.13 Å². The summed E-state index contributed by atoms with van der Waals surface area (Å²) >= 11 is 0. The fraction of sp³-hybridized carbons (Fsp3) is 0.805. The first-order chi connectivity index (χ1) is 46.2. The van der Waals surface area contributed by atoms with Crippen LogP contribution in [0.3, 0.4) is 0 Å². The molecule has 5 unspecified atom stereocenters. The quantitative estimate of drug-likeness (QED) is 0.0146. The van der Waals surface area contributed by atoms with E-state index in [2.05, 4.69) is 93.7 Å². The second kappa shape index (κ2) is 70.8. The van der Waals surface area contributed by atoms with Gasteiger partial charge in [-0.15, -0.1) is 0 Å². The molecule has 95 heavy (non-hydrogen) atoms. The third kappa shape index (κ3) is 72.1. The van der Waals surface area contributed by atoms with Crippen molar-refractivity contribution in [2.45, 2.75) is 360 Å². The molecule has 0 fully saturated rings. The largest absolute Gasteiger partial charge is 0.472 e. The number of ether oxygens (including phenoxy) is 3. The highest BCUT2D eigenvalue weighted by molar-refractivity contribution is 7.47. The summed E-state index contributed by atoms with van der Waals surface area (Å²) in [4.78, 5) is 58.4. The first-order valence-electron chi connectivity index (χ1n) is 38.2. The maximum Gasteiger partial charge on any atom is 0.472 e. The van der Waals surface area contributed by atoms with Crippen LogP contribution in [-0.2, 0) is 55.8 Å². The van der Waals surface area contributed by atoms with Crippen molar-refractivity contribution in [3.8, 4) is 0 Å². The van der Waals surface area contributed by atoms with Crippen LogP contribution in [-0.4, -0.2) is 95.9 Å². The summed E-state index contributed by atoms with van der Waals surface area (Å²) in [5, 5.41) is 20.6. The molecule has 5 atom stereocenters. The number of hydrogen-bond donors (Lipinski definition) is 4. The van der Waals surface area contributed by atoms with Crippen molar-refractivity contribution < 1.29 is 75.8 Å². The van der Waals surface area contributed by atoms with Crippen molar-refractivity contribution in [3.05, 3.63) is 72.9 Å². The highest BCUT2D eigenvalue weighted by atomic mass is 31.2. The zero-order chi connectivity index (χ0) is 69.5. The monoisotopic (exact) mass is 1380 g/mol. The van der Waals surface area contributed by atoms with Gasteiger partial charge in [0.1, 0.15) is 25.4 Å². The van der Waals surface area contributed by atoms with Crippen LogP contribution in [0.25, 0.3) is 0 Å². The van der Waals surface area contributed by atoms with Gasteiger partial charge in [0.2, 0.25) is 0 Å². The topological polar surface area (TPSA) is 231 Å². The van der Waals surface area contributed by atoms with Gasteiger partial charge in [-0.1, -0.05) is 299 Å². The molecule has 0 heterocycles. The van der Waals surface area contributed by atoms with Crippen molar-refractivity contribution >= 4 is 33.6 Å². The summed E-state index contributed by atoms with van der Waals surface area (Å²) in [7, 11) is -9.76. The number of aliphatic hydroxyl groups is 2. The zero-order valence-corrected chi connectivity index (χ0v) is 62.1. The Balaban J connectivity index is 4.30. The fourth-order valence-corrected chi connectivity index (χ4v) is 12.1. The van der Waals surface area contributed by atoms with E-state index in [1.165, 1.54) is 173 Å². The summed E-state index contributed by atoms with van der Waals surface area (Å²) in [5.74, 6) is -1.57. The molecule has 0 amide bonds. The normalized spacial score (nSPS) is 14.5. The molecule has 0 aromatic heterocycles. The van der Waals surface area contributed by atoms with Gasteiger partial charge < -0.3 is 34.2 Å². The Kier molecular flexibility index (Phi) is 68.6. The molecule has 0 saturated carbocycles. The highest BCUT2D eigenvalue weighted by Crippen LogP contribution is 2.45. The van der Waals surface area contributed by atoms with E-state index in [0.29, 0.717) is 19.3 Å². The van der Waals surface area contributed by atoms with Crippen molar-refractivity contribution in [1.29, 1.82) is 0 Å². The summed E-state index contributed by atoms with van der Waals surface area (Å²) in [5.41, 5.74) is 0. The van der Waals surface area contributed by atoms with Crippen LogP contribution >= 0.6 is 15.6 Å². The predicted molar refractivity (Wildman–Crippen MR) is 390 cm³/mol.